The van der Waals surface area contributed by atoms with Crippen molar-refractivity contribution in [2.75, 3.05) is 20.6 Å². The summed E-state index contributed by atoms with van der Waals surface area (Å²) >= 11 is 0. The van der Waals surface area contributed by atoms with Crippen molar-refractivity contribution in [1.82, 2.24) is 21.3 Å². The molecule has 0 rings (SSSR count). The lowest BCUT2D eigenvalue weighted by molar-refractivity contribution is -0.129. The van der Waals surface area contributed by atoms with Crippen LogP contribution >= 0.6 is 0 Å². The summed E-state index contributed by atoms with van der Waals surface area (Å²) in [6.45, 7) is 9.87. The molecule has 140 valence electrons. The van der Waals surface area contributed by atoms with Crippen LogP contribution in [0.1, 0.15) is 47.5 Å². The van der Waals surface area contributed by atoms with E-state index < -0.39 is 6.04 Å². The van der Waals surface area contributed by atoms with Gasteiger partial charge in [-0.15, -0.1) is 0 Å². The number of carbonyl (C=O) groups excluding carboxylic acids is 3. The van der Waals surface area contributed by atoms with E-state index in [9.17, 15) is 14.4 Å². The van der Waals surface area contributed by atoms with Crippen molar-refractivity contribution in [3.8, 4) is 0 Å². The van der Waals surface area contributed by atoms with Crippen LogP contribution in [0.25, 0.3) is 0 Å². The number of rotatable bonds is 11. The molecule has 1 amide bonds. The van der Waals surface area contributed by atoms with E-state index in [4.69, 9.17) is 0 Å². The van der Waals surface area contributed by atoms with Gasteiger partial charge in [-0.25, -0.2) is 4.79 Å². The van der Waals surface area contributed by atoms with Gasteiger partial charge in [-0.2, -0.15) is 0 Å². The van der Waals surface area contributed by atoms with Gasteiger partial charge in [-0.1, -0.05) is 27.7 Å². The summed E-state index contributed by atoms with van der Waals surface area (Å²) < 4.78 is 0. The molecule has 0 spiro atoms. The molecular formula is C17H34N4O3. The summed E-state index contributed by atoms with van der Waals surface area (Å²) in [6, 6.07) is -0.837. The summed E-state index contributed by atoms with van der Waals surface area (Å²) in [4.78, 5) is 34.3. The molecule has 0 aromatic heterocycles. The molecule has 0 heterocycles. The van der Waals surface area contributed by atoms with Crippen molar-refractivity contribution in [3.05, 3.63) is 5.82 Å². The van der Waals surface area contributed by atoms with E-state index >= 15 is 0 Å². The zero-order valence-corrected chi connectivity index (χ0v) is 16.1. The molecule has 4 N–H and O–H groups in total. The Kier molecular flexibility index (Phi) is 15.0. The van der Waals surface area contributed by atoms with Crippen LogP contribution in [-0.2, 0) is 14.4 Å². The molecule has 0 aromatic rings. The van der Waals surface area contributed by atoms with Crippen LogP contribution in [0.3, 0.4) is 0 Å². The molecule has 0 fully saturated rings. The van der Waals surface area contributed by atoms with Gasteiger partial charge in [-0.05, 0) is 32.7 Å². The summed E-state index contributed by atoms with van der Waals surface area (Å²) in [5, 5.41) is 11.3. The predicted molar refractivity (Wildman–Crippen MR) is 97.1 cm³/mol. The minimum absolute atomic E-state index is 0.0771. The molecular weight excluding hydrogens is 308 g/mol. The number of carbonyl (C=O) groups is 2. The second-order valence-corrected chi connectivity index (χ2v) is 5.48. The molecule has 0 saturated heterocycles. The highest BCUT2D eigenvalue weighted by Crippen LogP contribution is 2.04. The molecule has 24 heavy (non-hydrogen) atoms. The fourth-order valence-corrected chi connectivity index (χ4v) is 2.10. The van der Waals surface area contributed by atoms with E-state index in [-0.39, 0.29) is 29.5 Å². The Hall–Kier alpha value is -1.85. The van der Waals surface area contributed by atoms with Crippen molar-refractivity contribution in [3.63, 3.8) is 0 Å². The molecule has 0 radical (unpaired) electrons. The molecule has 0 bridgehead atoms. The topological polar surface area (TPSA) is 99.3 Å². The Labute approximate surface area is 146 Å². The van der Waals surface area contributed by atoms with E-state index in [1.807, 2.05) is 27.7 Å². The molecule has 0 aromatic carbocycles. The quantitative estimate of drug-likeness (QED) is 0.324. The molecule has 2 unspecified atom stereocenters. The average molecular weight is 342 g/mol. The lowest BCUT2D eigenvalue weighted by Crippen LogP contribution is -2.51. The lowest BCUT2D eigenvalue weighted by atomic mass is 10.0. The van der Waals surface area contributed by atoms with Gasteiger partial charge in [0.05, 0.1) is 12.1 Å². The fraction of sp³-hybridized carbons (Fsp3) is 0.765. The number of Topliss-reactive ketones (excluding diaryl/α,β-unsaturated/α-hetero) is 1. The van der Waals surface area contributed by atoms with Gasteiger partial charge < -0.3 is 21.3 Å². The number of ketones is 1. The maximum absolute atomic E-state index is 12.2. The third kappa shape index (κ3) is 10.0. The zero-order valence-electron chi connectivity index (χ0n) is 16.1. The first kappa shape index (κ1) is 24.4. The van der Waals surface area contributed by atoms with Gasteiger partial charge >= 0.3 is 0 Å². The van der Waals surface area contributed by atoms with E-state index in [0.717, 1.165) is 0 Å². The second-order valence-electron chi connectivity index (χ2n) is 5.48. The molecule has 0 aliphatic heterocycles. The second kappa shape index (κ2) is 14.7. The van der Waals surface area contributed by atoms with Crippen LogP contribution in [0, 0.1) is 5.92 Å². The van der Waals surface area contributed by atoms with Crippen molar-refractivity contribution in [1.29, 1.82) is 0 Å². The number of hydrogen-bond donors (Lipinski definition) is 4. The molecule has 7 heteroatoms. The number of nitrogens with one attached hydrogen (secondary N) is 4. The Morgan fingerprint density at radius 2 is 1.71 bits per heavy atom. The van der Waals surface area contributed by atoms with Crippen molar-refractivity contribution in [2.24, 2.45) is 5.92 Å². The molecule has 0 saturated carbocycles. The summed E-state index contributed by atoms with van der Waals surface area (Å²) in [6.07, 6.45) is 1.15. The Bertz CT molecular complexity index is 418. The minimum Gasteiger partial charge on any atom is -0.366 e. The Balaban J connectivity index is 0. The van der Waals surface area contributed by atoms with Gasteiger partial charge in [0.15, 0.2) is 17.5 Å². The highest BCUT2D eigenvalue weighted by molar-refractivity contribution is 5.89. The van der Waals surface area contributed by atoms with Gasteiger partial charge in [0.2, 0.25) is 5.91 Å². The van der Waals surface area contributed by atoms with Crippen LogP contribution in [0.15, 0.2) is 5.82 Å². The molecule has 7 nitrogen and oxygen atoms in total. The molecule has 2 atom stereocenters. The van der Waals surface area contributed by atoms with E-state index in [2.05, 4.69) is 21.3 Å². The van der Waals surface area contributed by atoms with Crippen molar-refractivity contribution >= 4 is 17.6 Å². The highest BCUT2D eigenvalue weighted by atomic mass is 16.2. The number of amides is 1. The van der Waals surface area contributed by atoms with Crippen LogP contribution in [0.5, 0.6) is 0 Å². The van der Waals surface area contributed by atoms with Gasteiger partial charge in [-0.3, -0.25) is 9.59 Å². The Morgan fingerprint density at radius 1 is 1.12 bits per heavy atom. The number of hydrogen-bond acceptors (Lipinski definition) is 6. The van der Waals surface area contributed by atoms with Gasteiger partial charge in [0.25, 0.3) is 0 Å². The van der Waals surface area contributed by atoms with Crippen LogP contribution in [0.4, 0.5) is 0 Å². The van der Waals surface area contributed by atoms with Crippen molar-refractivity contribution < 1.29 is 14.4 Å². The monoisotopic (exact) mass is 342 g/mol. The minimum atomic E-state index is -0.512. The van der Waals surface area contributed by atoms with Crippen LogP contribution < -0.4 is 21.3 Å². The normalized spacial score (nSPS) is 12.2. The first-order chi connectivity index (χ1) is 11.4. The maximum Gasteiger partial charge on any atom is 0.237 e. The summed E-state index contributed by atoms with van der Waals surface area (Å²) in [5.41, 5.74) is 0. The SMILES string of the molecule is CC.CNC(=C=O)NCCCC(NC(=O)C(NC)C(C)C)C(C)=O. The number of likely N-dealkylation sites (N-methyl/N-ethyl adjacent to an activating group) is 1. The first-order valence-corrected chi connectivity index (χ1v) is 8.52. The zero-order chi connectivity index (χ0) is 19.1. The third-order valence-electron chi connectivity index (χ3n) is 3.39. The van der Waals surface area contributed by atoms with E-state index in [1.165, 1.54) is 6.92 Å². The smallest absolute Gasteiger partial charge is 0.237 e. The first-order valence-electron chi connectivity index (χ1n) is 8.52. The van der Waals surface area contributed by atoms with Crippen molar-refractivity contribution in [2.45, 2.75) is 59.5 Å². The third-order valence-corrected chi connectivity index (χ3v) is 3.39. The van der Waals surface area contributed by atoms with Crippen LogP contribution in [-0.4, -0.2) is 50.4 Å². The Morgan fingerprint density at radius 3 is 2.08 bits per heavy atom. The predicted octanol–water partition coefficient (Wildman–Crippen LogP) is 0.593. The van der Waals surface area contributed by atoms with E-state index in [0.29, 0.717) is 19.4 Å². The lowest BCUT2D eigenvalue weighted by Gasteiger charge is -2.23. The largest absolute Gasteiger partial charge is 0.366 e. The fourth-order valence-electron chi connectivity index (χ4n) is 2.10. The maximum atomic E-state index is 12.2. The molecule has 0 aliphatic rings. The van der Waals surface area contributed by atoms with Crippen LogP contribution in [0.2, 0.25) is 0 Å². The van der Waals surface area contributed by atoms with Gasteiger partial charge in [0, 0.05) is 13.6 Å². The highest BCUT2D eigenvalue weighted by Gasteiger charge is 2.24. The van der Waals surface area contributed by atoms with Gasteiger partial charge in [0.1, 0.15) is 0 Å². The molecule has 0 aliphatic carbocycles. The average Bonchev–Trinajstić information content (AvgIpc) is 2.55. The summed E-state index contributed by atoms with van der Waals surface area (Å²) in [7, 11) is 3.34. The van der Waals surface area contributed by atoms with E-state index in [1.54, 1.807) is 20.0 Å². The standard InChI is InChI=1S/C15H28N4O3.C2H6/c1-10(2)14(17-5)15(22)19-12(11(3)21)7-6-8-18-13(9-20)16-4;1-2/h10,12,14,16-18H,6-8H2,1-5H3,(H,19,22);1-2H3. The summed E-state index contributed by atoms with van der Waals surface area (Å²) in [5.74, 6) is 1.89.